The minimum Gasteiger partial charge on any atom is -0.456 e. The molecule has 9 aromatic rings. The quantitative estimate of drug-likeness (QED) is 0.189. The lowest BCUT2D eigenvalue weighted by molar-refractivity contribution is 0.669. The Bertz CT molecular complexity index is 2630. The Morgan fingerprint density at radius 2 is 1.00 bits per heavy atom. The van der Waals surface area contributed by atoms with Gasteiger partial charge in [0.2, 0.25) is 0 Å². The number of nitrogens with zero attached hydrogens (tertiary/aromatic N) is 3. The van der Waals surface area contributed by atoms with Gasteiger partial charge in [0.15, 0.2) is 17.5 Å². The molecule has 226 valence electrons. The fourth-order valence-electron chi connectivity index (χ4n) is 6.40. The van der Waals surface area contributed by atoms with Crippen molar-refractivity contribution in [3.8, 4) is 56.4 Å². The van der Waals surface area contributed by atoms with Gasteiger partial charge < -0.3 is 4.42 Å². The topological polar surface area (TPSA) is 51.8 Å². The third kappa shape index (κ3) is 5.09. The van der Waals surface area contributed by atoms with Crippen LogP contribution in [0, 0.1) is 0 Å². The molecule has 4 nitrogen and oxygen atoms in total. The maximum atomic E-state index is 6.68. The molecule has 0 aliphatic heterocycles. The van der Waals surface area contributed by atoms with Crippen LogP contribution in [0.25, 0.3) is 89.1 Å². The molecule has 0 aliphatic rings. The first-order chi connectivity index (χ1) is 23.7. The molecule has 0 atom stereocenters. The minimum absolute atomic E-state index is 0.526. The van der Waals surface area contributed by atoms with Crippen LogP contribution in [-0.2, 0) is 0 Å². The van der Waals surface area contributed by atoms with Crippen molar-refractivity contribution >= 4 is 44.3 Å². The highest BCUT2D eigenvalue weighted by molar-refractivity contribution is 6.32. The van der Waals surface area contributed by atoms with Gasteiger partial charge in [-0.05, 0) is 57.3 Å². The van der Waals surface area contributed by atoms with Gasteiger partial charge in [0.25, 0.3) is 0 Å². The Balaban J connectivity index is 1.22. The number of furan rings is 1. The zero-order valence-electron chi connectivity index (χ0n) is 25.6. The second kappa shape index (κ2) is 11.6. The van der Waals surface area contributed by atoms with Crippen molar-refractivity contribution in [3.63, 3.8) is 0 Å². The summed E-state index contributed by atoms with van der Waals surface area (Å²) in [5.41, 5.74) is 8.53. The first kappa shape index (κ1) is 28.1. The smallest absolute Gasteiger partial charge is 0.164 e. The van der Waals surface area contributed by atoms with E-state index < -0.39 is 0 Å². The molecule has 0 radical (unpaired) electrons. The molecule has 0 fully saturated rings. The summed E-state index contributed by atoms with van der Waals surface area (Å²) < 4.78 is 6.22. The Morgan fingerprint density at radius 1 is 0.396 bits per heavy atom. The van der Waals surface area contributed by atoms with Crippen molar-refractivity contribution in [2.75, 3.05) is 0 Å². The molecule has 0 amide bonds. The van der Waals surface area contributed by atoms with Crippen molar-refractivity contribution in [2.24, 2.45) is 0 Å². The predicted octanol–water partition coefficient (Wildman–Crippen LogP) is 11.9. The molecular weight excluding hydrogens is 610 g/mol. The Labute approximate surface area is 282 Å². The van der Waals surface area contributed by atoms with Crippen LogP contribution in [0.5, 0.6) is 0 Å². The molecule has 2 heterocycles. The summed E-state index contributed by atoms with van der Waals surface area (Å²) in [6, 6.07) is 53.7. The lowest BCUT2D eigenvalue weighted by Gasteiger charge is -2.11. The molecule has 5 heteroatoms. The monoisotopic (exact) mass is 635 g/mol. The van der Waals surface area contributed by atoms with E-state index in [1.807, 2.05) is 60.7 Å². The van der Waals surface area contributed by atoms with Gasteiger partial charge in [-0.15, -0.1) is 0 Å². The van der Waals surface area contributed by atoms with E-state index >= 15 is 0 Å². The molecule has 2 aromatic heterocycles. The molecule has 0 saturated heterocycles. The van der Waals surface area contributed by atoms with Crippen LogP contribution in [-0.4, -0.2) is 15.0 Å². The van der Waals surface area contributed by atoms with Crippen molar-refractivity contribution in [3.05, 3.63) is 163 Å². The molecule has 48 heavy (non-hydrogen) atoms. The molecule has 0 N–H and O–H groups in total. The van der Waals surface area contributed by atoms with Gasteiger partial charge in [0.05, 0.1) is 0 Å². The van der Waals surface area contributed by atoms with E-state index in [9.17, 15) is 0 Å². The largest absolute Gasteiger partial charge is 0.456 e. The summed E-state index contributed by atoms with van der Waals surface area (Å²) in [6.45, 7) is 0. The van der Waals surface area contributed by atoms with E-state index in [0.29, 0.717) is 28.1 Å². The van der Waals surface area contributed by atoms with E-state index in [0.717, 1.165) is 55.3 Å². The molecule has 7 aromatic carbocycles. The Kier molecular flexibility index (Phi) is 6.81. The van der Waals surface area contributed by atoms with Crippen LogP contribution in [0.1, 0.15) is 0 Å². The Hall–Kier alpha value is -6.10. The van der Waals surface area contributed by atoms with Crippen LogP contribution >= 0.6 is 11.6 Å². The molecular formula is C43H26ClN3O. The van der Waals surface area contributed by atoms with Crippen molar-refractivity contribution < 1.29 is 4.42 Å². The average Bonchev–Trinajstić information content (AvgIpc) is 3.53. The second-order valence-electron chi connectivity index (χ2n) is 11.8. The zero-order chi connectivity index (χ0) is 32.0. The number of hydrogen-bond donors (Lipinski definition) is 0. The molecule has 0 bridgehead atoms. The normalized spacial score (nSPS) is 11.4. The van der Waals surface area contributed by atoms with Gasteiger partial charge in [-0.1, -0.05) is 139 Å². The molecule has 9 rings (SSSR count). The second-order valence-corrected chi connectivity index (χ2v) is 12.3. The highest BCUT2D eigenvalue weighted by atomic mass is 35.5. The Morgan fingerprint density at radius 3 is 1.85 bits per heavy atom. The van der Waals surface area contributed by atoms with Gasteiger partial charge in [-0.25, -0.2) is 15.0 Å². The van der Waals surface area contributed by atoms with E-state index in [2.05, 4.69) is 97.1 Å². The van der Waals surface area contributed by atoms with Crippen molar-refractivity contribution in [1.82, 2.24) is 15.0 Å². The number of para-hydroxylation sites is 1. The van der Waals surface area contributed by atoms with E-state index in [1.54, 1.807) is 0 Å². The average molecular weight is 636 g/mol. The summed E-state index contributed by atoms with van der Waals surface area (Å²) >= 11 is 6.68. The van der Waals surface area contributed by atoms with Gasteiger partial charge in [0.1, 0.15) is 11.2 Å². The van der Waals surface area contributed by atoms with Crippen LogP contribution in [0.3, 0.4) is 0 Å². The van der Waals surface area contributed by atoms with E-state index in [-0.39, 0.29) is 0 Å². The highest BCUT2D eigenvalue weighted by Gasteiger charge is 2.19. The predicted molar refractivity (Wildman–Crippen MR) is 197 cm³/mol. The highest BCUT2D eigenvalue weighted by Crippen LogP contribution is 2.39. The molecule has 0 saturated carbocycles. The first-order valence-electron chi connectivity index (χ1n) is 15.8. The van der Waals surface area contributed by atoms with Crippen LogP contribution in [0.2, 0.25) is 5.02 Å². The number of rotatable bonds is 5. The summed E-state index contributed by atoms with van der Waals surface area (Å²) in [6.07, 6.45) is 0. The number of halogens is 1. The summed E-state index contributed by atoms with van der Waals surface area (Å²) in [5.74, 6) is 1.68. The molecule has 0 spiro atoms. The zero-order valence-corrected chi connectivity index (χ0v) is 26.4. The number of benzene rings is 7. The van der Waals surface area contributed by atoms with Gasteiger partial charge in [0, 0.05) is 38.6 Å². The van der Waals surface area contributed by atoms with Crippen LogP contribution in [0.4, 0.5) is 0 Å². The van der Waals surface area contributed by atoms with Gasteiger partial charge in [-0.2, -0.15) is 0 Å². The van der Waals surface area contributed by atoms with Crippen molar-refractivity contribution in [2.45, 2.75) is 0 Å². The third-order valence-corrected chi connectivity index (χ3v) is 8.99. The maximum absolute atomic E-state index is 6.68. The SMILES string of the molecule is Clc1cc(-c2nc(-c3ccc(-c4ccc5ccccc5c4)cc3)nc(-c3cccc(-c4ccccc4)c3)n2)c2c(c1)oc1ccccc12. The van der Waals surface area contributed by atoms with Crippen molar-refractivity contribution in [1.29, 1.82) is 0 Å². The summed E-state index contributed by atoms with van der Waals surface area (Å²) in [7, 11) is 0. The van der Waals surface area contributed by atoms with Gasteiger partial charge in [-0.3, -0.25) is 0 Å². The minimum atomic E-state index is 0.526. The first-order valence-corrected chi connectivity index (χ1v) is 16.2. The fraction of sp³-hybridized carbons (Fsp3) is 0. The van der Waals surface area contributed by atoms with E-state index in [1.165, 1.54) is 10.8 Å². The van der Waals surface area contributed by atoms with Crippen LogP contribution < -0.4 is 0 Å². The van der Waals surface area contributed by atoms with Gasteiger partial charge >= 0.3 is 0 Å². The maximum Gasteiger partial charge on any atom is 0.164 e. The number of hydrogen-bond acceptors (Lipinski definition) is 4. The number of fused-ring (bicyclic) bond motifs is 4. The fourth-order valence-corrected chi connectivity index (χ4v) is 6.61. The van der Waals surface area contributed by atoms with Crippen LogP contribution in [0.15, 0.2) is 162 Å². The molecule has 0 unspecified atom stereocenters. The lowest BCUT2D eigenvalue weighted by atomic mass is 10.00. The summed E-state index contributed by atoms with van der Waals surface area (Å²) in [4.78, 5) is 15.2. The lowest BCUT2D eigenvalue weighted by Crippen LogP contribution is -2.00. The standard InChI is InChI=1S/C43H26ClN3O/c44-35-25-37(40-36-15-6-7-16-38(36)48-39(40)26-35)43-46-41(45-42(47-43)34-14-8-13-32(24-34)27-9-2-1-3-10-27)30-20-17-29(18-21-30)33-22-19-28-11-4-5-12-31(28)23-33/h1-26H. The third-order valence-electron chi connectivity index (χ3n) is 8.77. The summed E-state index contributed by atoms with van der Waals surface area (Å²) in [5, 5.41) is 4.88. The number of aromatic nitrogens is 3. The molecule has 0 aliphatic carbocycles. The van der Waals surface area contributed by atoms with E-state index in [4.69, 9.17) is 31.0 Å².